The summed E-state index contributed by atoms with van der Waals surface area (Å²) in [5, 5.41) is 8.01. The van der Waals surface area contributed by atoms with E-state index in [0.29, 0.717) is 37.4 Å². The Morgan fingerprint density at radius 1 is 0.963 bits per heavy atom. The second kappa shape index (κ2) is 7.19. The lowest BCUT2D eigenvalue weighted by Gasteiger charge is -2.21. The van der Waals surface area contributed by atoms with Gasteiger partial charge in [0.05, 0.1) is 5.52 Å². The van der Waals surface area contributed by atoms with Gasteiger partial charge in [0.1, 0.15) is 0 Å². The van der Waals surface area contributed by atoms with Crippen molar-refractivity contribution in [2.75, 3.05) is 26.2 Å². The minimum atomic E-state index is -0.0925. The molecule has 7 nitrogen and oxygen atoms in total. The zero-order valence-corrected chi connectivity index (χ0v) is 15.2. The van der Waals surface area contributed by atoms with Gasteiger partial charge in [0.25, 0.3) is 11.8 Å². The lowest BCUT2D eigenvalue weighted by molar-refractivity contribution is 0.0716. The van der Waals surface area contributed by atoms with E-state index in [2.05, 4.69) is 15.2 Å². The Kier molecular flexibility index (Phi) is 4.58. The molecule has 4 rings (SSSR count). The Balaban J connectivity index is 1.50. The maximum atomic E-state index is 13.0. The summed E-state index contributed by atoms with van der Waals surface area (Å²) in [7, 11) is 0. The average molecular weight is 363 g/mol. The van der Waals surface area contributed by atoms with Crippen LogP contribution in [0.2, 0.25) is 0 Å². The predicted molar refractivity (Wildman–Crippen MR) is 101 cm³/mol. The highest BCUT2D eigenvalue weighted by Crippen LogP contribution is 2.20. The van der Waals surface area contributed by atoms with Crippen LogP contribution in [0.15, 0.2) is 42.7 Å². The topological polar surface area (TPSA) is 82.2 Å². The van der Waals surface area contributed by atoms with Gasteiger partial charge in [-0.05, 0) is 37.6 Å². The van der Waals surface area contributed by atoms with Crippen molar-refractivity contribution in [2.24, 2.45) is 0 Å². The number of rotatable bonds is 2. The van der Waals surface area contributed by atoms with E-state index >= 15 is 0 Å². The van der Waals surface area contributed by atoms with E-state index in [1.165, 1.54) is 0 Å². The fraction of sp³-hybridized carbons (Fsp3) is 0.300. The number of aryl methyl sites for hydroxylation is 1. The molecule has 0 atom stereocenters. The van der Waals surface area contributed by atoms with E-state index in [-0.39, 0.29) is 11.8 Å². The molecule has 2 amide bonds. The van der Waals surface area contributed by atoms with Gasteiger partial charge in [-0.1, -0.05) is 11.6 Å². The van der Waals surface area contributed by atoms with E-state index < -0.39 is 0 Å². The van der Waals surface area contributed by atoms with Crippen LogP contribution in [0.25, 0.3) is 10.9 Å². The number of pyridine rings is 1. The Bertz CT molecular complexity index is 982. The van der Waals surface area contributed by atoms with Gasteiger partial charge in [-0.3, -0.25) is 19.7 Å². The fourth-order valence-corrected chi connectivity index (χ4v) is 3.44. The quantitative estimate of drug-likeness (QED) is 0.757. The molecule has 0 saturated carbocycles. The first-order valence-electron chi connectivity index (χ1n) is 9.07. The van der Waals surface area contributed by atoms with Crippen molar-refractivity contribution >= 4 is 22.7 Å². The number of benzene rings is 1. The SMILES string of the molecule is Cc1ccc2[nH]nc(C(=O)N3CCCN(C(=O)c4ccncc4)CC3)c2c1. The predicted octanol–water partition coefficient (Wildman–Crippen LogP) is 2.25. The molecule has 27 heavy (non-hydrogen) atoms. The number of aromatic amines is 1. The van der Waals surface area contributed by atoms with Gasteiger partial charge >= 0.3 is 0 Å². The zero-order chi connectivity index (χ0) is 18.8. The van der Waals surface area contributed by atoms with Crippen molar-refractivity contribution in [1.82, 2.24) is 25.0 Å². The summed E-state index contributed by atoms with van der Waals surface area (Å²) in [5.74, 6) is -0.113. The number of hydrogen-bond acceptors (Lipinski definition) is 4. The van der Waals surface area contributed by atoms with Crippen LogP contribution in [0, 0.1) is 6.92 Å². The van der Waals surface area contributed by atoms with Crippen molar-refractivity contribution in [3.05, 3.63) is 59.5 Å². The molecule has 1 aliphatic rings. The molecule has 0 bridgehead atoms. The fourth-order valence-electron chi connectivity index (χ4n) is 3.44. The second-order valence-corrected chi connectivity index (χ2v) is 6.80. The molecule has 3 aromatic rings. The van der Waals surface area contributed by atoms with Gasteiger partial charge in [-0.15, -0.1) is 0 Å². The van der Waals surface area contributed by atoms with Crippen LogP contribution in [-0.4, -0.2) is 63.0 Å². The van der Waals surface area contributed by atoms with E-state index in [1.54, 1.807) is 34.3 Å². The van der Waals surface area contributed by atoms with E-state index in [9.17, 15) is 9.59 Å². The third kappa shape index (κ3) is 3.40. The summed E-state index contributed by atoms with van der Waals surface area (Å²) in [6.45, 7) is 4.24. The largest absolute Gasteiger partial charge is 0.337 e. The lowest BCUT2D eigenvalue weighted by Crippen LogP contribution is -2.37. The van der Waals surface area contributed by atoms with Crippen LogP contribution in [0.3, 0.4) is 0 Å². The van der Waals surface area contributed by atoms with E-state index in [4.69, 9.17) is 0 Å². The number of H-pyrrole nitrogens is 1. The Hall–Kier alpha value is -3.22. The highest BCUT2D eigenvalue weighted by atomic mass is 16.2. The van der Waals surface area contributed by atoms with Gasteiger partial charge < -0.3 is 9.80 Å². The number of amides is 2. The first kappa shape index (κ1) is 17.2. The molecule has 1 aliphatic heterocycles. The monoisotopic (exact) mass is 363 g/mol. The number of carbonyl (C=O) groups excluding carboxylic acids is 2. The maximum absolute atomic E-state index is 13.0. The summed E-state index contributed by atoms with van der Waals surface area (Å²) < 4.78 is 0. The molecule has 0 radical (unpaired) electrons. The second-order valence-electron chi connectivity index (χ2n) is 6.80. The number of hydrogen-bond donors (Lipinski definition) is 1. The molecule has 1 saturated heterocycles. The van der Waals surface area contributed by atoms with Gasteiger partial charge in [0.2, 0.25) is 0 Å². The van der Waals surface area contributed by atoms with Crippen LogP contribution >= 0.6 is 0 Å². The summed E-state index contributed by atoms with van der Waals surface area (Å²) in [4.78, 5) is 33.2. The molecule has 3 heterocycles. The van der Waals surface area contributed by atoms with Crippen molar-refractivity contribution in [2.45, 2.75) is 13.3 Å². The van der Waals surface area contributed by atoms with Gasteiger partial charge in [0, 0.05) is 49.5 Å². The van der Waals surface area contributed by atoms with Crippen LogP contribution in [0.1, 0.15) is 32.8 Å². The smallest absolute Gasteiger partial charge is 0.275 e. The highest BCUT2D eigenvalue weighted by molar-refractivity contribution is 6.04. The number of fused-ring (bicyclic) bond motifs is 1. The summed E-state index contributed by atoms with van der Waals surface area (Å²) in [6, 6.07) is 9.33. The highest BCUT2D eigenvalue weighted by Gasteiger charge is 2.25. The van der Waals surface area contributed by atoms with Gasteiger partial charge in [0.15, 0.2) is 5.69 Å². The summed E-state index contributed by atoms with van der Waals surface area (Å²) in [5.41, 5.74) is 3.01. The third-order valence-corrected chi connectivity index (χ3v) is 4.92. The minimum Gasteiger partial charge on any atom is -0.337 e. The van der Waals surface area contributed by atoms with Crippen LogP contribution < -0.4 is 0 Å². The lowest BCUT2D eigenvalue weighted by atomic mass is 10.1. The number of nitrogens with zero attached hydrogens (tertiary/aromatic N) is 4. The number of carbonyl (C=O) groups is 2. The average Bonchev–Trinajstić information content (AvgIpc) is 2.95. The molecule has 1 fully saturated rings. The zero-order valence-electron chi connectivity index (χ0n) is 15.2. The van der Waals surface area contributed by atoms with Crippen LogP contribution in [0.4, 0.5) is 0 Å². The van der Waals surface area contributed by atoms with E-state index in [0.717, 1.165) is 22.9 Å². The molecule has 0 spiro atoms. The Morgan fingerprint density at radius 2 is 1.67 bits per heavy atom. The van der Waals surface area contributed by atoms with Crippen molar-refractivity contribution in [1.29, 1.82) is 0 Å². The number of aromatic nitrogens is 3. The van der Waals surface area contributed by atoms with Crippen molar-refractivity contribution in [3.63, 3.8) is 0 Å². The summed E-state index contributed by atoms with van der Waals surface area (Å²) >= 11 is 0. The molecule has 0 aliphatic carbocycles. The number of nitrogens with one attached hydrogen (secondary N) is 1. The molecule has 7 heteroatoms. The standard InChI is InChI=1S/C20H21N5O2/c1-14-3-4-17-16(13-14)18(23-22-17)20(27)25-10-2-9-24(11-12-25)19(26)15-5-7-21-8-6-15/h3-8,13H,2,9-12H2,1H3,(H,22,23). The normalized spacial score (nSPS) is 15.0. The van der Waals surface area contributed by atoms with E-state index in [1.807, 2.05) is 25.1 Å². The third-order valence-electron chi connectivity index (χ3n) is 4.92. The molecule has 1 N–H and O–H groups in total. The minimum absolute atomic E-state index is 0.0208. The van der Waals surface area contributed by atoms with Crippen LogP contribution in [0.5, 0.6) is 0 Å². The molecule has 1 aromatic carbocycles. The molecule has 138 valence electrons. The Morgan fingerprint density at radius 3 is 2.41 bits per heavy atom. The van der Waals surface area contributed by atoms with Gasteiger partial charge in [-0.25, -0.2) is 0 Å². The Labute approximate surface area is 157 Å². The van der Waals surface area contributed by atoms with Gasteiger partial charge in [-0.2, -0.15) is 5.10 Å². The summed E-state index contributed by atoms with van der Waals surface area (Å²) in [6.07, 6.45) is 3.97. The molecule has 2 aromatic heterocycles. The first-order valence-corrected chi connectivity index (χ1v) is 9.07. The first-order chi connectivity index (χ1) is 13.1. The van der Waals surface area contributed by atoms with Crippen molar-refractivity contribution in [3.8, 4) is 0 Å². The van der Waals surface area contributed by atoms with Crippen molar-refractivity contribution < 1.29 is 9.59 Å². The molecule has 0 unspecified atom stereocenters. The molecular formula is C20H21N5O2. The molecular weight excluding hydrogens is 342 g/mol. The maximum Gasteiger partial charge on any atom is 0.275 e. The van der Waals surface area contributed by atoms with Crippen LogP contribution in [-0.2, 0) is 0 Å².